The molecule has 20 heavy (non-hydrogen) atoms. The number of benzene rings is 1. The second-order valence-corrected chi connectivity index (χ2v) is 4.41. The van der Waals surface area contributed by atoms with Gasteiger partial charge in [-0.25, -0.2) is 4.79 Å². The van der Waals surface area contributed by atoms with Crippen molar-refractivity contribution in [1.29, 1.82) is 0 Å². The quantitative estimate of drug-likeness (QED) is 0.610. The minimum absolute atomic E-state index is 0.0738. The van der Waals surface area contributed by atoms with Crippen molar-refractivity contribution in [3.63, 3.8) is 0 Å². The van der Waals surface area contributed by atoms with Gasteiger partial charge < -0.3 is 10.4 Å². The van der Waals surface area contributed by atoms with Gasteiger partial charge in [-0.05, 0) is 19.4 Å². The van der Waals surface area contributed by atoms with Crippen LogP contribution >= 0.6 is 0 Å². The maximum absolute atomic E-state index is 11.9. The first kappa shape index (κ1) is 15.6. The molecule has 0 radical (unpaired) electrons. The van der Waals surface area contributed by atoms with Crippen molar-refractivity contribution in [3.8, 4) is 0 Å². The Morgan fingerprint density at radius 2 is 2.10 bits per heavy atom. The van der Waals surface area contributed by atoms with Gasteiger partial charge in [-0.1, -0.05) is 19.4 Å². The number of carbonyl (C=O) groups excluding carboxylic acids is 1. The summed E-state index contributed by atoms with van der Waals surface area (Å²) in [4.78, 5) is 33.1. The zero-order valence-electron chi connectivity index (χ0n) is 11.3. The SMILES string of the molecule is CCC[C@H](NC(=O)c1ccc(C)c([N+](=O)[O-])c1)C(=O)O. The molecule has 0 unspecified atom stereocenters. The van der Waals surface area contributed by atoms with E-state index in [1.807, 2.05) is 0 Å². The number of carbonyl (C=O) groups is 2. The number of amides is 1. The van der Waals surface area contributed by atoms with E-state index in [2.05, 4.69) is 5.32 Å². The third-order valence-electron chi connectivity index (χ3n) is 2.85. The number of rotatable bonds is 6. The van der Waals surface area contributed by atoms with Crippen molar-refractivity contribution in [2.24, 2.45) is 0 Å². The van der Waals surface area contributed by atoms with E-state index < -0.39 is 22.8 Å². The van der Waals surface area contributed by atoms with E-state index in [9.17, 15) is 19.7 Å². The number of aliphatic carboxylic acids is 1. The summed E-state index contributed by atoms with van der Waals surface area (Å²) in [5.74, 6) is -1.75. The van der Waals surface area contributed by atoms with Crippen LogP contribution in [0.2, 0.25) is 0 Å². The van der Waals surface area contributed by atoms with Gasteiger partial charge in [0.05, 0.1) is 4.92 Å². The third-order valence-corrected chi connectivity index (χ3v) is 2.85. The van der Waals surface area contributed by atoms with Gasteiger partial charge in [0.2, 0.25) is 0 Å². The summed E-state index contributed by atoms with van der Waals surface area (Å²) in [6, 6.07) is 3.05. The Balaban J connectivity index is 2.95. The van der Waals surface area contributed by atoms with Crippen LogP contribution < -0.4 is 5.32 Å². The first-order chi connectivity index (χ1) is 9.36. The normalized spacial score (nSPS) is 11.7. The second kappa shape index (κ2) is 6.65. The Morgan fingerprint density at radius 3 is 2.60 bits per heavy atom. The zero-order chi connectivity index (χ0) is 15.3. The predicted octanol–water partition coefficient (Wildman–Crippen LogP) is 1.89. The summed E-state index contributed by atoms with van der Waals surface area (Å²) in [5, 5.41) is 22.1. The van der Waals surface area contributed by atoms with Gasteiger partial charge in [0.1, 0.15) is 6.04 Å². The molecule has 0 bridgehead atoms. The molecule has 0 saturated carbocycles. The van der Waals surface area contributed by atoms with Crippen molar-refractivity contribution in [3.05, 3.63) is 39.4 Å². The topological polar surface area (TPSA) is 110 Å². The second-order valence-electron chi connectivity index (χ2n) is 4.41. The Bertz CT molecular complexity index is 542. The van der Waals surface area contributed by atoms with Gasteiger partial charge in [-0.2, -0.15) is 0 Å². The maximum atomic E-state index is 11.9. The number of nitrogens with one attached hydrogen (secondary N) is 1. The third kappa shape index (κ3) is 3.78. The Kier molecular flexibility index (Phi) is 5.19. The van der Waals surface area contributed by atoms with Crippen LogP contribution in [0.25, 0.3) is 0 Å². The summed E-state index contributed by atoms with van der Waals surface area (Å²) in [5.41, 5.74) is 0.347. The Labute approximate surface area is 115 Å². The molecular formula is C13H16N2O5. The first-order valence-electron chi connectivity index (χ1n) is 6.15. The lowest BCUT2D eigenvalue weighted by Gasteiger charge is -2.13. The van der Waals surface area contributed by atoms with Crippen molar-refractivity contribution in [1.82, 2.24) is 5.32 Å². The molecule has 1 aromatic rings. The molecular weight excluding hydrogens is 264 g/mol. The number of aryl methyl sites for hydroxylation is 1. The average molecular weight is 280 g/mol. The molecule has 1 atom stereocenters. The molecule has 0 heterocycles. The van der Waals surface area contributed by atoms with E-state index in [0.717, 1.165) is 6.07 Å². The van der Waals surface area contributed by atoms with E-state index >= 15 is 0 Å². The minimum Gasteiger partial charge on any atom is -0.480 e. The van der Waals surface area contributed by atoms with Crippen molar-refractivity contribution in [2.45, 2.75) is 32.7 Å². The lowest BCUT2D eigenvalue weighted by atomic mass is 10.1. The van der Waals surface area contributed by atoms with Crippen LogP contribution in [0.5, 0.6) is 0 Å². The van der Waals surface area contributed by atoms with Crippen LogP contribution in [0.15, 0.2) is 18.2 Å². The molecule has 7 nitrogen and oxygen atoms in total. The Hall–Kier alpha value is -2.44. The summed E-state index contributed by atoms with van der Waals surface area (Å²) in [7, 11) is 0. The van der Waals surface area contributed by atoms with Crippen molar-refractivity contribution in [2.75, 3.05) is 0 Å². The highest BCUT2D eigenvalue weighted by molar-refractivity contribution is 5.97. The number of hydrogen-bond acceptors (Lipinski definition) is 4. The van der Waals surface area contributed by atoms with Gasteiger partial charge in [-0.3, -0.25) is 14.9 Å². The summed E-state index contributed by atoms with van der Waals surface area (Å²) in [6.07, 6.45) is 0.903. The standard InChI is InChI=1S/C13H16N2O5/c1-3-4-10(13(17)18)14-12(16)9-6-5-8(2)11(7-9)15(19)20/h5-7,10H,3-4H2,1-2H3,(H,14,16)(H,17,18)/t10-/m0/s1. The van der Waals surface area contributed by atoms with E-state index in [4.69, 9.17) is 5.11 Å². The fourth-order valence-electron chi connectivity index (χ4n) is 1.73. The van der Waals surface area contributed by atoms with Crippen molar-refractivity contribution < 1.29 is 19.6 Å². The number of carboxylic acid groups (broad SMARTS) is 1. The van der Waals surface area contributed by atoms with Crippen molar-refractivity contribution >= 4 is 17.6 Å². The molecule has 0 aliphatic carbocycles. The monoisotopic (exact) mass is 280 g/mol. The smallest absolute Gasteiger partial charge is 0.326 e. The molecule has 0 aliphatic rings. The molecule has 0 aliphatic heterocycles. The van der Waals surface area contributed by atoms with Crippen LogP contribution in [0, 0.1) is 17.0 Å². The average Bonchev–Trinajstić information content (AvgIpc) is 2.38. The summed E-state index contributed by atoms with van der Waals surface area (Å²) < 4.78 is 0. The van der Waals surface area contributed by atoms with Crippen LogP contribution in [0.4, 0.5) is 5.69 Å². The number of carboxylic acids is 1. The molecule has 108 valence electrons. The van der Waals surface area contributed by atoms with Crippen LogP contribution in [0.1, 0.15) is 35.7 Å². The molecule has 1 amide bonds. The van der Waals surface area contributed by atoms with Gasteiger partial charge in [0.15, 0.2) is 0 Å². The lowest BCUT2D eigenvalue weighted by molar-refractivity contribution is -0.385. The molecule has 0 saturated heterocycles. The van der Waals surface area contributed by atoms with Crippen LogP contribution in [0.3, 0.4) is 0 Å². The minimum atomic E-state index is -1.12. The summed E-state index contributed by atoms with van der Waals surface area (Å²) in [6.45, 7) is 3.37. The van der Waals surface area contributed by atoms with E-state index in [1.165, 1.54) is 12.1 Å². The van der Waals surface area contributed by atoms with Gasteiger partial charge in [0, 0.05) is 17.2 Å². The molecule has 7 heteroatoms. The van der Waals surface area contributed by atoms with E-state index in [-0.39, 0.29) is 11.3 Å². The molecule has 0 aromatic heterocycles. The molecule has 1 rings (SSSR count). The highest BCUT2D eigenvalue weighted by atomic mass is 16.6. The number of hydrogen-bond donors (Lipinski definition) is 2. The fourth-order valence-corrected chi connectivity index (χ4v) is 1.73. The van der Waals surface area contributed by atoms with E-state index in [1.54, 1.807) is 13.8 Å². The fraction of sp³-hybridized carbons (Fsp3) is 0.385. The molecule has 0 spiro atoms. The van der Waals surface area contributed by atoms with Gasteiger partial charge >= 0.3 is 5.97 Å². The highest BCUT2D eigenvalue weighted by Gasteiger charge is 2.21. The van der Waals surface area contributed by atoms with Crippen LogP contribution in [-0.4, -0.2) is 27.9 Å². The summed E-state index contributed by atoms with van der Waals surface area (Å²) >= 11 is 0. The maximum Gasteiger partial charge on any atom is 0.326 e. The lowest BCUT2D eigenvalue weighted by Crippen LogP contribution is -2.40. The first-order valence-corrected chi connectivity index (χ1v) is 6.15. The molecule has 2 N–H and O–H groups in total. The molecule has 1 aromatic carbocycles. The predicted molar refractivity (Wildman–Crippen MR) is 71.6 cm³/mol. The number of nitrogens with zero attached hydrogens (tertiary/aromatic N) is 1. The van der Waals surface area contributed by atoms with E-state index in [0.29, 0.717) is 18.4 Å². The zero-order valence-corrected chi connectivity index (χ0v) is 11.3. The molecule has 0 fully saturated rings. The highest BCUT2D eigenvalue weighted by Crippen LogP contribution is 2.19. The van der Waals surface area contributed by atoms with Gasteiger partial charge in [0.25, 0.3) is 11.6 Å². The number of nitro groups is 1. The van der Waals surface area contributed by atoms with Crippen LogP contribution in [-0.2, 0) is 4.79 Å². The largest absolute Gasteiger partial charge is 0.480 e. The number of nitro benzene ring substituents is 1. The Morgan fingerprint density at radius 1 is 1.45 bits per heavy atom. The van der Waals surface area contributed by atoms with Gasteiger partial charge in [-0.15, -0.1) is 0 Å².